The van der Waals surface area contributed by atoms with Crippen molar-refractivity contribution in [1.82, 2.24) is 5.32 Å². The molecule has 0 aliphatic heterocycles. The maximum Gasteiger partial charge on any atom is 0.0752 e. The first-order chi connectivity index (χ1) is 7.85. The molecule has 0 radical (unpaired) electrons. The lowest BCUT2D eigenvalue weighted by Gasteiger charge is -2.31. The molecule has 2 atom stereocenters. The SMILES string of the molecule is CNC(CC1CCCCC1)C(OC)C1CC1. The second-order valence-electron chi connectivity index (χ2n) is 5.67. The zero-order chi connectivity index (χ0) is 11.4. The first-order valence-corrected chi connectivity index (χ1v) is 7.05. The van der Waals surface area contributed by atoms with Gasteiger partial charge in [-0.3, -0.25) is 0 Å². The van der Waals surface area contributed by atoms with Crippen molar-refractivity contribution in [2.75, 3.05) is 14.2 Å². The summed E-state index contributed by atoms with van der Waals surface area (Å²) < 4.78 is 5.71. The first kappa shape index (κ1) is 12.4. The third-order valence-corrected chi connectivity index (χ3v) is 4.44. The van der Waals surface area contributed by atoms with Gasteiger partial charge in [-0.05, 0) is 38.1 Å². The van der Waals surface area contributed by atoms with Crippen molar-refractivity contribution in [1.29, 1.82) is 0 Å². The molecule has 2 rings (SSSR count). The van der Waals surface area contributed by atoms with Crippen molar-refractivity contribution >= 4 is 0 Å². The van der Waals surface area contributed by atoms with Crippen LogP contribution in [0.15, 0.2) is 0 Å². The van der Waals surface area contributed by atoms with Crippen LogP contribution in [0.3, 0.4) is 0 Å². The van der Waals surface area contributed by atoms with Gasteiger partial charge in [0.25, 0.3) is 0 Å². The third kappa shape index (κ3) is 3.21. The van der Waals surface area contributed by atoms with Crippen molar-refractivity contribution in [3.05, 3.63) is 0 Å². The van der Waals surface area contributed by atoms with Crippen molar-refractivity contribution in [3.8, 4) is 0 Å². The Bertz CT molecular complexity index is 197. The van der Waals surface area contributed by atoms with Gasteiger partial charge in [0.2, 0.25) is 0 Å². The van der Waals surface area contributed by atoms with E-state index in [9.17, 15) is 0 Å². The third-order valence-electron chi connectivity index (χ3n) is 4.44. The van der Waals surface area contributed by atoms with E-state index >= 15 is 0 Å². The Morgan fingerprint density at radius 3 is 2.31 bits per heavy atom. The van der Waals surface area contributed by atoms with Gasteiger partial charge in [-0.1, -0.05) is 32.1 Å². The van der Waals surface area contributed by atoms with E-state index in [0.29, 0.717) is 12.1 Å². The molecule has 2 saturated carbocycles. The van der Waals surface area contributed by atoms with Crippen LogP contribution in [0.25, 0.3) is 0 Å². The molecule has 2 unspecified atom stereocenters. The topological polar surface area (TPSA) is 21.3 Å². The molecule has 2 heteroatoms. The van der Waals surface area contributed by atoms with Crippen LogP contribution in [-0.4, -0.2) is 26.3 Å². The highest BCUT2D eigenvalue weighted by molar-refractivity contribution is 4.91. The molecular weight excluding hydrogens is 198 g/mol. The Morgan fingerprint density at radius 2 is 1.81 bits per heavy atom. The molecule has 0 bridgehead atoms. The highest BCUT2D eigenvalue weighted by Gasteiger charge is 2.37. The largest absolute Gasteiger partial charge is 0.380 e. The molecule has 1 N–H and O–H groups in total. The normalized spacial score (nSPS) is 26.6. The van der Waals surface area contributed by atoms with Gasteiger partial charge in [-0.25, -0.2) is 0 Å². The molecule has 0 aromatic carbocycles. The highest BCUT2D eigenvalue weighted by Crippen LogP contribution is 2.38. The van der Waals surface area contributed by atoms with Gasteiger partial charge in [0.15, 0.2) is 0 Å². The van der Waals surface area contributed by atoms with Crippen LogP contribution in [0, 0.1) is 11.8 Å². The molecule has 2 fully saturated rings. The number of ether oxygens (including phenoxy) is 1. The van der Waals surface area contributed by atoms with Crippen molar-refractivity contribution in [3.63, 3.8) is 0 Å². The van der Waals surface area contributed by atoms with Crippen molar-refractivity contribution in [2.45, 2.75) is 63.5 Å². The van der Waals surface area contributed by atoms with Gasteiger partial charge in [0.1, 0.15) is 0 Å². The highest BCUT2D eigenvalue weighted by atomic mass is 16.5. The average molecular weight is 225 g/mol. The average Bonchev–Trinajstić information content (AvgIpc) is 3.14. The summed E-state index contributed by atoms with van der Waals surface area (Å²) in [5.74, 6) is 1.79. The summed E-state index contributed by atoms with van der Waals surface area (Å²) >= 11 is 0. The molecule has 2 nitrogen and oxygen atoms in total. The molecule has 0 aromatic rings. The number of nitrogens with one attached hydrogen (secondary N) is 1. The molecule has 2 aliphatic rings. The maximum atomic E-state index is 5.71. The summed E-state index contributed by atoms with van der Waals surface area (Å²) in [6.07, 6.45) is 11.8. The number of hydrogen-bond acceptors (Lipinski definition) is 2. The Labute approximate surface area is 100 Å². The standard InChI is InChI=1S/C14H27NO/c1-15-13(14(16-2)12-8-9-12)10-11-6-4-3-5-7-11/h11-15H,3-10H2,1-2H3. The molecule has 0 spiro atoms. The second kappa shape index (κ2) is 6.02. The van der Waals surface area contributed by atoms with Gasteiger partial charge < -0.3 is 10.1 Å². The van der Waals surface area contributed by atoms with E-state index in [1.807, 2.05) is 7.11 Å². The van der Waals surface area contributed by atoms with Crippen LogP contribution in [0.2, 0.25) is 0 Å². The molecule has 94 valence electrons. The summed E-state index contributed by atoms with van der Waals surface area (Å²) in [5.41, 5.74) is 0. The van der Waals surface area contributed by atoms with Crippen LogP contribution >= 0.6 is 0 Å². The lowest BCUT2D eigenvalue weighted by Crippen LogP contribution is -2.41. The lowest BCUT2D eigenvalue weighted by atomic mass is 9.83. The fourth-order valence-electron chi connectivity index (χ4n) is 3.31. The van der Waals surface area contributed by atoms with Gasteiger partial charge in [-0.15, -0.1) is 0 Å². The van der Waals surface area contributed by atoms with Gasteiger partial charge in [0, 0.05) is 13.2 Å². The van der Waals surface area contributed by atoms with Crippen LogP contribution in [0.1, 0.15) is 51.4 Å². The zero-order valence-electron chi connectivity index (χ0n) is 10.9. The lowest BCUT2D eigenvalue weighted by molar-refractivity contribution is 0.0433. The van der Waals surface area contributed by atoms with Crippen molar-refractivity contribution in [2.24, 2.45) is 11.8 Å². The summed E-state index contributed by atoms with van der Waals surface area (Å²) in [7, 11) is 3.98. The molecule has 0 amide bonds. The number of methoxy groups -OCH3 is 1. The van der Waals surface area contributed by atoms with E-state index in [4.69, 9.17) is 4.74 Å². The maximum absolute atomic E-state index is 5.71. The minimum atomic E-state index is 0.465. The number of likely N-dealkylation sites (N-methyl/N-ethyl adjacent to an activating group) is 1. The fraction of sp³-hybridized carbons (Fsp3) is 1.00. The molecule has 0 saturated heterocycles. The van der Waals surface area contributed by atoms with Crippen LogP contribution < -0.4 is 5.32 Å². The fourth-order valence-corrected chi connectivity index (χ4v) is 3.31. The zero-order valence-corrected chi connectivity index (χ0v) is 10.9. The second-order valence-corrected chi connectivity index (χ2v) is 5.67. The summed E-state index contributed by atoms with van der Waals surface area (Å²) in [5, 5.41) is 3.50. The van der Waals surface area contributed by atoms with E-state index in [0.717, 1.165) is 11.8 Å². The minimum absolute atomic E-state index is 0.465. The van der Waals surface area contributed by atoms with E-state index in [2.05, 4.69) is 12.4 Å². The summed E-state index contributed by atoms with van der Waals surface area (Å²) in [6, 6.07) is 0.584. The smallest absolute Gasteiger partial charge is 0.0752 e. The molecule has 0 aromatic heterocycles. The van der Waals surface area contributed by atoms with E-state index < -0.39 is 0 Å². The van der Waals surface area contributed by atoms with Crippen LogP contribution in [-0.2, 0) is 4.74 Å². The number of hydrogen-bond donors (Lipinski definition) is 1. The van der Waals surface area contributed by atoms with Gasteiger partial charge in [-0.2, -0.15) is 0 Å². The summed E-state index contributed by atoms with van der Waals surface area (Å²) in [6.45, 7) is 0. The molecule has 2 aliphatic carbocycles. The Kier molecular flexibility index (Phi) is 4.66. The van der Waals surface area contributed by atoms with E-state index in [-0.39, 0.29) is 0 Å². The van der Waals surface area contributed by atoms with Gasteiger partial charge >= 0.3 is 0 Å². The molecular formula is C14H27NO. The summed E-state index contributed by atoms with van der Waals surface area (Å²) in [4.78, 5) is 0. The van der Waals surface area contributed by atoms with Gasteiger partial charge in [0.05, 0.1) is 6.10 Å². The van der Waals surface area contributed by atoms with Crippen molar-refractivity contribution < 1.29 is 4.74 Å². The Morgan fingerprint density at radius 1 is 1.12 bits per heavy atom. The quantitative estimate of drug-likeness (QED) is 0.750. The monoisotopic (exact) mass is 225 g/mol. The van der Waals surface area contributed by atoms with E-state index in [1.54, 1.807) is 0 Å². The Balaban J connectivity index is 1.82. The predicted octanol–water partition coefficient (Wildman–Crippen LogP) is 2.97. The molecule has 0 heterocycles. The van der Waals surface area contributed by atoms with E-state index in [1.165, 1.54) is 51.4 Å². The Hall–Kier alpha value is -0.0800. The first-order valence-electron chi connectivity index (χ1n) is 7.05. The van der Waals surface area contributed by atoms with Crippen LogP contribution in [0.4, 0.5) is 0 Å². The molecule has 16 heavy (non-hydrogen) atoms. The van der Waals surface area contributed by atoms with Crippen LogP contribution in [0.5, 0.6) is 0 Å². The minimum Gasteiger partial charge on any atom is -0.380 e. The predicted molar refractivity (Wildman–Crippen MR) is 67.6 cm³/mol. The number of rotatable bonds is 6.